The summed E-state index contributed by atoms with van der Waals surface area (Å²) < 4.78 is 43.4. The van der Waals surface area contributed by atoms with Crippen LogP contribution in [0.5, 0.6) is 11.5 Å². The smallest absolute Gasteiger partial charge is 0.309 e. The van der Waals surface area contributed by atoms with Crippen molar-refractivity contribution in [2.75, 3.05) is 26.8 Å². The minimum absolute atomic E-state index is 0.133. The van der Waals surface area contributed by atoms with Gasteiger partial charge in [0.2, 0.25) is 10.0 Å². The number of benzene rings is 2. The number of ether oxygens (including phenoxy) is 3. The zero-order chi connectivity index (χ0) is 22.4. The maximum absolute atomic E-state index is 12.9. The van der Waals surface area contributed by atoms with Gasteiger partial charge in [0.15, 0.2) is 0 Å². The summed E-state index contributed by atoms with van der Waals surface area (Å²) in [5, 5.41) is 0. The number of carbonyl (C=O) groups is 1. The molecule has 0 saturated carbocycles. The van der Waals surface area contributed by atoms with Gasteiger partial charge in [0, 0.05) is 18.7 Å². The van der Waals surface area contributed by atoms with Gasteiger partial charge < -0.3 is 14.2 Å². The number of rotatable bonds is 8. The monoisotopic (exact) mass is 447 g/mol. The number of piperidine rings is 1. The van der Waals surface area contributed by atoms with Gasteiger partial charge in [0.1, 0.15) is 18.1 Å². The Morgan fingerprint density at radius 3 is 2.39 bits per heavy atom. The average molecular weight is 448 g/mol. The van der Waals surface area contributed by atoms with Crippen molar-refractivity contribution in [2.45, 2.75) is 38.2 Å². The van der Waals surface area contributed by atoms with Crippen LogP contribution in [0.4, 0.5) is 0 Å². The normalized spacial score (nSPS) is 15.5. The molecule has 1 aliphatic rings. The van der Waals surface area contributed by atoms with E-state index in [1.807, 2.05) is 32.0 Å². The van der Waals surface area contributed by atoms with E-state index in [0.29, 0.717) is 30.9 Å². The quantitative estimate of drug-likeness (QED) is 0.576. The van der Waals surface area contributed by atoms with Gasteiger partial charge in [-0.05, 0) is 63.1 Å². The molecule has 3 rings (SSSR count). The molecule has 0 bridgehead atoms. The molecule has 2 aromatic rings. The Morgan fingerprint density at radius 2 is 1.77 bits per heavy atom. The summed E-state index contributed by atoms with van der Waals surface area (Å²) in [6.45, 7) is 5.05. The molecule has 0 amide bonds. The van der Waals surface area contributed by atoms with Crippen LogP contribution in [-0.4, -0.2) is 45.5 Å². The van der Waals surface area contributed by atoms with E-state index in [1.54, 1.807) is 31.4 Å². The second-order valence-corrected chi connectivity index (χ2v) is 9.44. The van der Waals surface area contributed by atoms with Gasteiger partial charge in [-0.25, -0.2) is 8.42 Å². The highest BCUT2D eigenvalue weighted by atomic mass is 32.2. The molecule has 0 unspecified atom stereocenters. The van der Waals surface area contributed by atoms with Crippen molar-refractivity contribution in [3.05, 3.63) is 53.6 Å². The van der Waals surface area contributed by atoms with Gasteiger partial charge in [0.25, 0.3) is 0 Å². The molecule has 1 heterocycles. The number of aryl methyl sites for hydroxylation is 1. The first kappa shape index (κ1) is 23.1. The van der Waals surface area contributed by atoms with Gasteiger partial charge in [-0.1, -0.05) is 11.6 Å². The molecule has 1 aliphatic heterocycles. The first-order valence-corrected chi connectivity index (χ1v) is 11.8. The minimum Gasteiger partial charge on any atom is -0.496 e. The molecular formula is C23H29NO6S. The van der Waals surface area contributed by atoms with Crippen LogP contribution < -0.4 is 9.47 Å². The van der Waals surface area contributed by atoms with E-state index in [1.165, 1.54) is 4.31 Å². The van der Waals surface area contributed by atoms with Gasteiger partial charge in [-0.3, -0.25) is 4.79 Å². The highest BCUT2D eigenvalue weighted by molar-refractivity contribution is 7.89. The third-order valence-electron chi connectivity index (χ3n) is 5.37. The molecule has 0 atom stereocenters. The van der Waals surface area contributed by atoms with Crippen LogP contribution in [-0.2, 0) is 26.2 Å². The predicted molar refractivity (Wildman–Crippen MR) is 117 cm³/mol. The van der Waals surface area contributed by atoms with Crippen molar-refractivity contribution in [2.24, 2.45) is 5.92 Å². The summed E-state index contributed by atoms with van der Waals surface area (Å²) >= 11 is 0. The van der Waals surface area contributed by atoms with Crippen molar-refractivity contribution in [3.8, 4) is 11.5 Å². The Hall–Kier alpha value is -2.58. The van der Waals surface area contributed by atoms with E-state index in [0.717, 1.165) is 11.1 Å². The SMILES string of the molecule is CCOc1ccc(S(=O)(=O)N2CCC(C(=O)OCc3cc(C)ccc3OC)CC2)cc1. The highest BCUT2D eigenvalue weighted by Crippen LogP contribution is 2.27. The van der Waals surface area contributed by atoms with Gasteiger partial charge in [-0.15, -0.1) is 0 Å². The lowest BCUT2D eigenvalue weighted by Gasteiger charge is -2.30. The van der Waals surface area contributed by atoms with Crippen molar-refractivity contribution < 1.29 is 27.4 Å². The zero-order valence-electron chi connectivity index (χ0n) is 18.2. The van der Waals surface area contributed by atoms with Crippen LogP contribution in [0.3, 0.4) is 0 Å². The number of hydrogen-bond donors (Lipinski definition) is 0. The van der Waals surface area contributed by atoms with Crippen molar-refractivity contribution in [1.29, 1.82) is 0 Å². The topological polar surface area (TPSA) is 82.1 Å². The summed E-state index contributed by atoms with van der Waals surface area (Å²) in [6, 6.07) is 12.1. The summed E-state index contributed by atoms with van der Waals surface area (Å²) in [6.07, 6.45) is 0.861. The molecule has 0 N–H and O–H groups in total. The molecule has 1 fully saturated rings. The largest absolute Gasteiger partial charge is 0.496 e. The lowest BCUT2D eigenvalue weighted by molar-refractivity contribution is -0.151. The molecule has 0 aromatic heterocycles. The van der Waals surface area contributed by atoms with Crippen LogP contribution >= 0.6 is 0 Å². The Bertz CT molecular complexity index is 995. The maximum Gasteiger partial charge on any atom is 0.309 e. The molecule has 1 saturated heterocycles. The standard InChI is InChI=1S/C23H29NO6S/c1-4-29-20-6-8-21(9-7-20)31(26,27)24-13-11-18(12-14-24)23(25)30-16-19-15-17(2)5-10-22(19)28-3/h5-10,15,18H,4,11-14,16H2,1-3H3. The van der Waals surface area contributed by atoms with E-state index in [2.05, 4.69) is 0 Å². The second-order valence-electron chi connectivity index (χ2n) is 7.51. The van der Waals surface area contributed by atoms with Crippen molar-refractivity contribution >= 4 is 16.0 Å². The van der Waals surface area contributed by atoms with Crippen LogP contribution in [0.1, 0.15) is 30.9 Å². The fraction of sp³-hybridized carbons (Fsp3) is 0.435. The molecule has 2 aromatic carbocycles. The van der Waals surface area contributed by atoms with E-state index in [-0.39, 0.29) is 36.5 Å². The summed E-state index contributed by atoms with van der Waals surface area (Å²) in [4.78, 5) is 12.8. The molecule has 168 valence electrons. The lowest BCUT2D eigenvalue weighted by Crippen LogP contribution is -2.40. The Labute approximate surface area is 184 Å². The van der Waals surface area contributed by atoms with Crippen LogP contribution in [0, 0.1) is 12.8 Å². The molecule has 7 nitrogen and oxygen atoms in total. The molecule has 31 heavy (non-hydrogen) atoms. The number of nitrogens with zero attached hydrogens (tertiary/aromatic N) is 1. The van der Waals surface area contributed by atoms with Gasteiger partial charge in [0.05, 0.1) is 24.5 Å². The summed E-state index contributed by atoms with van der Waals surface area (Å²) in [5.74, 6) is 0.687. The Morgan fingerprint density at radius 1 is 1.10 bits per heavy atom. The maximum atomic E-state index is 12.9. The fourth-order valence-corrected chi connectivity index (χ4v) is 5.11. The first-order chi connectivity index (χ1) is 14.8. The third kappa shape index (κ3) is 5.57. The molecule has 8 heteroatoms. The van der Waals surface area contributed by atoms with Crippen molar-refractivity contribution in [1.82, 2.24) is 4.31 Å². The Balaban J connectivity index is 1.56. The van der Waals surface area contributed by atoms with Crippen molar-refractivity contribution in [3.63, 3.8) is 0 Å². The zero-order valence-corrected chi connectivity index (χ0v) is 19.0. The number of carbonyl (C=O) groups excluding carboxylic acids is 1. The number of methoxy groups -OCH3 is 1. The number of sulfonamides is 1. The highest BCUT2D eigenvalue weighted by Gasteiger charge is 2.33. The summed E-state index contributed by atoms with van der Waals surface area (Å²) in [7, 11) is -2.02. The fourth-order valence-electron chi connectivity index (χ4n) is 3.64. The van der Waals surface area contributed by atoms with E-state index in [4.69, 9.17) is 14.2 Å². The Kier molecular flexibility index (Phi) is 7.56. The molecule has 0 aliphatic carbocycles. The average Bonchev–Trinajstić information content (AvgIpc) is 2.78. The van der Waals surface area contributed by atoms with E-state index >= 15 is 0 Å². The van der Waals surface area contributed by atoms with Crippen LogP contribution in [0.15, 0.2) is 47.4 Å². The van der Waals surface area contributed by atoms with Gasteiger partial charge >= 0.3 is 5.97 Å². The van der Waals surface area contributed by atoms with E-state index < -0.39 is 10.0 Å². The van der Waals surface area contributed by atoms with Crippen LogP contribution in [0.25, 0.3) is 0 Å². The first-order valence-electron chi connectivity index (χ1n) is 10.4. The van der Waals surface area contributed by atoms with Gasteiger partial charge in [-0.2, -0.15) is 4.31 Å². The number of hydrogen-bond acceptors (Lipinski definition) is 6. The number of esters is 1. The summed E-state index contributed by atoms with van der Waals surface area (Å²) in [5.41, 5.74) is 1.87. The predicted octanol–water partition coefficient (Wildman–Crippen LogP) is 3.55. The third-order valence-corrected chi connectivity index (χ3v) is 7.28. The molecular weight excluding hydrogens is 418 g/mol. The molecule has 0 spiro atoms. The molecule has 0 radical (unpaired) electrons. The second kappa shape index (κ2) is 10.2. The van der Waals surface area contributed by atoms with Crippen LogP contribution in [0.2, 0.25) is 0 Å². The lowest BCUT2D eigenvalue weighted by atomic mass is 9.98. The minimum atomic E-state index is -3.60. The van der Waals surface area contributed by atoms with E-state index in [9.17, 15) is 13.2 Å².